The number of hydrogen-bond donors (Lipinski definition) is 0. The fraction of sp³-hybridized carbons (Fsp3) is 0.545. The monoisotopic (exact) mass is 222 g/mol. The Hall–Kier alpha value is -1.65. The van der Waals surface area contributed by atoms with Crippen molar-refractivity contribution in [3.05, 3.63) is 12.4 Å². The van der Waals surface area contributed by atoms with Crippen LogP contribution in [0.2, 0.25) is 0 Å². The van der Waals surface area contributed by atoms with Crippen LogP contribution >= 0.6 is 0 Å². The van der Waals surface area contributed by atoms with E-state index in [1.807, 2.05) is 37.0 Å². The van der Waals surface area contributed by atoms with Crippen molar-refractivity contribution in [1.29, 1.82) is 0 Å². The van der Waals surface area contributed by atoms with Crippen LogP contribution in [0.1, 0.15) is 13.3 Å². The molecule has 0 radical (unpaired) electrons. The molecule has 0 unspecified atom stereocenters. The summed E-state index contributed by atoms with van der Waals surface area (Å²) < 4.78 is 0. The molecule has 0 atom stereocenters. The molecule has 88 valence electrons. The van der Waals surface area contributed by atoms with Crippen LogP contribution in [0.25, 0.3) is 0 Å². The Balaban J connectivity index is 2.71. The lowest BCUT2D eigenvalue weighted by molar-refractivity contribution is -0.116. The Labute approximate surface area is 96.1 Å². The molecule has 0 N–H and O–H groups in total. The lowest BCUT2D eigenvalue weighted by Gasteiger charge is -2.19. The van der Waals surface area contributed by atoms with E-state index in [2.05, 4.69) is 9.97 Å². The highest BCUT2D eigenvalue weighted by Crippen LogP contribution is 2.14. The maximum absolute atomic E-state index is 10.9. The van der Waals surface area contributed by atoms with Crippen molar-refractivity contribution in [2.45, 2.75) is 13.3 Å². The maximum Gasteiger partial charge on any atom is 0.133 e. The third-order valence-electron chi connectivity index (χ3n) is 2.29. The average molecular weight is 222 g/mol. The summed E-state index contributed by atoms with van der Waals surface area (Å²) in [4.78, 5) is 23.1. The molecule has 0 fully saturated rings. The van der Waals surface area contributed by atoms with Crippen molar-refractivity contribution in [2.75, 3.05) is 37.5 Å². The first-order chi connectivity index (χ1) is 7.50. The smallest absolute Gasteiger partial charge is 0.133 e. The molecule has 1 aromatic rings. The van der Waals surface area contributed by atoms with E-state index in [1.54, 1.807) is 6.92 Å². The van der Waals surface area contributed by atoms with Crippen LogP contribution in [0.4, 0.5) is 11.6 Å². The molecule has 0 aliphatic heterocycles. The Bertz CT molecular complexity index is 365. The summed E-state index contributed by atoms with van der Waals surface area (Å²) in [7, 11) is 5.79. The first-order valence-corrected chi connectivity index (χ1v) is 5.20. The molecule has 0 amide bonds. The highest BCUT2D eigenvalue weighted by atomic mass is 16.1. The molecule has 0 spiro atoms. The quantitative estimate of drug-likeness (QED) is 0.742. The van der Waals surface area contributed by atoms with E-state index in [0.29, 0.717) is 13.0 Å². The standard InChI is InChI=1S/C11H18N4O/c1-9(16)5-6-15(4)11-7-10(14(2)3)12-8-13-11/h7-8H,5-6H2,1-4H3. The molecule has 0 aliphatic rings. The molecule has 5 nitrogen and oxygen atoms in total. The second-order valence-corrected chi connectivity index (χ2v) is 4.00. The van der Waals surface area contributed by atoms with Crippen molar-refractivity contribution in [3.8, 4) is 0 Å². The van der Waals surface area contributed by atoms with Gasteiger partial charge in [-0.05, 0) is 6.92 Å². The van der Waals surface area contributed by atoms with Crippen molar-refractivity contribution in [3.63, 3.8) is 0 Å². The summed E-state index contributed by atoms with van der Waals surface area (Å²) >= 11 is 0. The molecular weight excluding hydrogens is 204 g/mol. The molecule has 1 aromatic heterocycles. The van der Waals surface area contributed by atoms with Gasteiger partial charge < -0.3 is 9.80 Å². The van der Waals surface area contributed by atoms with Crippen molar-refractivity contribution < 1.29 is 4.79 Å². The van der Waals surface area contributed by atoms with Gasteiger partial charge in [0.1, 0.15) is 23.7 Å². The summed E-state index contributed by atoms with van der Waals surface area (Å²) in [6.45, 7) is 2.28. The second kappa shape index (κ2) is 5.44. The number of carbonyl (C=O) groups excluding carboxylic acids is 1. The van der Waals surface area contributed by atoms with Crippen LogP contribution in [0, 0.1) is 0 Å². The number of hydrogen-bond acceptors (Lipinski definition) is 5. The van der Waals surface area contributed by atoms with E-state index in [0.717, 1.165) is 11.6 Å². The van der Waals surface area contributed by atoms with E-state index in [4.69, 9.17) is 0 Å². The third-order valence-corrected chi connectivity index (χ3v) is 2.29. The molecular formula is C11H18N4O. The van der Waals surface area contributed by atoms with Crippen LogP contribution in [-0.2, 0) is 4.79 Å². The lowest BCUT2D eigenvalue weighted by atomic mass is 10.3. The van der Waals surface area contributed by atoms with Gasteiger partial charge in [-0.2, -0.15) is 0 Å². The molecule has 0 saturated heterocycles. The van der Waals surface area contributed by atoms with Gasteiger partial charge in [-0.1, -0.05) is 0 Å². The highest BCUT2D eigenvalue weighted by molar-refractivity contribution is 5.76. The number of Topliss-reactive ketones (excluding diaryl/α,β-unsaturated/α-hetero) is 1. The first kappa shape index (κ1) is 12.4. The number of ketones is 1. The molecule has 0 saturated carbocycles. The minimum absolute atomic E-state index is 0.189. The van der Waals surface area contributed by atoms with Crippen LogP contribution < -0.4 is 9.80 Å². The van der Waals surface area contributed by atoms with Gasteiger partial charge in [0.15, 0.2) is 0 Å². The van der Waals surface area contributed by atoms with Crippen LogP contribution in [0.3, 0.4) is 0 Å². The SMILES string of the molecule is CC(=O)CCN(C)c1cc(N(C)C)ncn1. The number of nitrogens with zero attached hydrogens (tertiary/aromatic N) is 4. The van der Waals surface area contributed by atoms with Gasteiger partial charge in [0.2, 0.25) is 0 Å². The van der Waals surface area contributed by atoms with Gasteiger partial charge in [-0.3, -0.25) is 4.79 Å². The topological polar surface area (TPSA) is 49.3 Å². The fourth-order valence-corrected chi connectivity index (χ4v) is 1.23. The van der Waals surface area contributed by atoms with Gasteiger partial charge in [0, 0.05) is 40.2 Å². The van der Waals surface area contributed by atoms with Crippen LogP contribution in [0.15, 0.2) is 12.4 Å². The van der Waals surface area contributed by atoms with Gasteiger partial charge in [-0.25, -0.2) is 9.97 Å². The Morgan fingerprint density at radius 3 is 2.44 bits per heavy atom. The average Bonchev–Trinajstić information content (AvgIpc) is 2.26. The van der Waals surface area contributed by atoms with Crippen molar-refractivity contribution >= 4 is 17.4 Å². The summed E-state index contributed by atoms with van der Waals surface area (Å²) in [5.74, 6) is 1.88. The Morgan fingerprint density at radius 2 is 1.88 bits per heavy atom. The first-order valence-electron chi connectivity index (χ1n) is 5.20. The lowest BCUT2D eigenvalue weighted by Crippen LogP contribution is -2.22. The molecule has 0 bridgehead atoms. The third kappa shape index (κ3) is 3.49. The largest absolute Gasteiger partial charge is 0.363 e. The van der Waals surface area contributed by atoms with E-state index in [9.17, 15) is 4.79 Å². The second-order valence-electron chi connectivity index (χ2n) is 4.00. The zero-order valence-electron chi connectivity index (χ0n) is 10.3. The van der Waals surface area contributed by atoms with E-state index < -0.39 is 0 Å². The molecule has 16 heavy (non-hydrogen) atoms. The van der Waals surface area contributed by atoms with Gasteiger partial charge in [-0.15, -0.1) is 0 Å². The van der Waals surface area contributed by atoms with E-state index in [1.165, 1.54) is 6.33 Å². The van der Waals surface area contributed by atoms with Gasteiger partial charge in [0.25, 0.3) is 0 Å². The summed E-state index contributed by atoms with van der Waals surface area (Å²) in [6.07, 6.45) is 2.08. The Morgan fingerprint density at radius 1 is 1.25 bits per heavy atom. The number of anilines is 2. The summed E-state index contributed by atoms with van der Waals surface area (Å²) in [6, 6.07) is 1.90. The zero-order chi connectivity index (χ0) is 12.1. The number of rotatable bonds is 5. The molecule has 1 rings (SSSR count). The molecule has 0 aliphatic carbocycles. The van der Waals surface area contributed by atoms with Crippen LogP contribution in [-0.4, -0.2) is 43.4 Å². The highest BCUT2D eigenvalue weighted by Gasteiger charge is 2.06. The minimum Gasteiger partial charge on any atom is -0.363 e. The van der Waals surface area contributed by atoms with Gasteiger partial charge >= 0.3 is 0 Å². The van der Waals surface area contributed by atoms with Crippen molar-refractivity contribution in [2.24, 2.45) is 0 Å². The van der Waals surface area contributed by atoms with E-state index in [-0.39, 0.29) is 5.78 Å². The number of carbonyl (C=O) groups is 1. The van der Waals surface area contributed by atoms with E-state index >= 15 is 0 Å². The zero-order valence-corrected chi connectivity index (χ0v) is 10.3. The molecule has 5 heteroatoms. The normalized spacial score (nSPS) is 10.0. The Kier molecular flexibility index (Phi) is 4.22. The molecule has 0 aromatic carbocycles. The predicted molar refractivity (Wildman–Crippen MR) is 64.9 cm³/mol. The number of aromatic nitrogens is 2. The minimum atomic E-state index is 0.189. The summed E-state index contributed by atoms with van der Waals surface area (Å²) in [5, 5.41) is 0. The van der Waals surface area contributed by atoms with Gasteiger partial charge in [0.05, 0.1) is 0 Å². The fourth-order valence-electron chi connectivity index (χ4n) is 1.23. The molecule has 1 heterocycles. The summed E-state index contributed by atoms with van der Waals surface area (Å²) in [5.41, 5.74) is 0. The van der Waals surface area contributed by atoms with Crippen LogP contribution in [0.5, 0.6) is 0 Å². The predicted octanol–water partition coefficient (Wildman–Crippen LogP) is 0.958. The maximum atomic E-state index is 10.9. The van der Waals surface area contributed by atoms with Crippen molar-refractivity contribution in [1.82, 2.24) is 9.97 Å².